The third-order valence-electron chi connectivity index (χ3n) is 4.24. The van der Waals surface area contributed by atoms with Crippen molar-refractivity contribution in [1.29, 1.82) is 0 Å². The normalized spacial score (nSPS) is 16.7. The fourth-order valence-electron chi connectivity index (χ4n) is 3.09. The van der Waals surface area contributed by atoms with Crippen LogP contribution in [-0.4, -0.2) is 43.2 Å². The molecule has 1 aliphatic carbocycles. The van der Waals surface area contributed by atoms with Crippen LogP contribution in [0.5, 0.6) is 0 Å². The van der Waals surface area contributed by atoms with Crippen molar-refractivity contribution in [2.45, 2.75) is 44.2 Å². The number of methoxy groups -OCH3 is 1. The zero-order valence-corrected chi connectivity index (χ0v) is 13.1. The molecule has 1 atom stereocenters. The summed E-state index contributed by atoms with van der Waals surface area (Å²) in [6, 6.07) is 6.16. The Hall–Kier alpha value is -1.46. The molecule has 4 nitrogen and oxygen atoms in total. The lowest BCUT2D eigenvalue weighted by Gasteiger charge is -2.31. The summed E-state index contributed by atoms with van der Waals surface area (Å²) < 4.78 is 18.3. The molecule has 0 spiro atoms. The van der Waals surface area contributed by atoms with E-state index < -0.39 is 6.04 Å². The van der Waals surface area contributed by atoms with Gasteiger partial charge in [-0.3, -0.25) is 4.79 Å². The quantitative estimate of drug-likeness (QED) is 0.839. The van der Waals surface area contributed by atoms with E-state index in [1.54, 1.807) is 13.2 Å². The number of hydrogen-bond acceptors (Lipinski definition) is 3. The monoisotopic (exact) mass is 308 g/mol. The van der Waals surface area contributed by atoms with Gasteiger partial charge in [0.25, 0.3) is 0 Å². The van der Waals surface area contributed by atoms with E-state index in [1.807, 2.05) is 11.0 Å². The summed E-state index contributed by atoms with van der Waals surface area (Å²) in [5.74, 6) is -0.308. The van der Waals surface area contributed by atoms with Crippen molar-refractivity contribution in [3.63, 3.8) is 0 Å². The van der Waals surface area contributed by atoms with Crippen molar-refractivity contribution in [2.75, 3.05) is 20.3 Å². The number of amides is 1. The van der Waals surface area contributed by atoms with Gasteiger partial charge in [-0.15, -0.1) is 0 Å². The molecule has 1 saturated carbocycles. The van der Waals surface area contributed by atoms with E-state index in [2.05, 4.69) is 0 Å². The molecule has 1 fully saturated rings. The molecule has 0 saturated heterocycles. The standard InChI is InChI=1S/C17H25FN2O2/c1-22-12-16(19)17(21)20(15-7-2-3-8-15)10-9-13-5-4-6-14(18)11-13/h4-6,11,15-16H,2-3,7-10,12,19H2,1H3. The average Bonchev–Trinajstić information content (AvgIpc) is 3.01. The summed E-state index contributed by atoms with van der Waals surface area (Å²) in [5.41, 5.74) is 6.81. The van der Waals surface area contributed by atoms with Crippen molar-refractivity contribution in [2.24, 2.45) is 5.73 Å². The summed E-state index contributed by atoms with van der Waals surface area (Å²) in [7, 11) is 1.54. The predicted octanol–water partition coefficient (Wildman–Crippen LogP) is 2.11. The largest absolute Gasteiger partial charge is 0.383 e. The number of carbonyl (C=O) groups excluding carboxylic acids is 1. The van der Waals surface area contributed by atoms with Gasteiger partial charge in [0, 0.05) is 19.7 Å². The van der Waals surface area contributed by atoms with Crippen LogP contribution in [0.4, 0.5) is 4.39 Å². The first-order valence-corrected chi connectivity index (χ1v) is 7.91. The van der Waals surface area contributed by atoms with Gasteiger partial charge < -0.3 is 15.4 Å². The molecule has 1 amide bonds. The Kier molecular flexibility index (Phi) is 6.34. The fraction of sp³-hybridized carbons (Fsp3) is 0.588. The van der Waals surface area contributed by atoms with E-state index in [1.165, 1.54) is 12.1 Å². The van der Waals surface area contributed by atoms with E-state index in [0.717, 1.165) is 31.2 Å². The number of rotatable bonds is 7. The molecule has 2 N–H and O–H groups in total. The summed E-state index contributed by atoms with van der Waals surface area (Å²) in [4.78, 5) is 14.4. The van der Waals surface area contributed by atoms with Crippen LogP contribution in [-0.2, 0) is 16.0 Å². The molecule has 2 rings (SSSR count). The van der Waals surface area contributed by atoms with Crippen LogP contribution in [0.15, 0.2) is 24.3 Å². The Bertz CT molecular complexity index is 489. The SMILES string of the molecule is COCC(N)C(=O)N(CCc1cccc(F)c1)C1CCCC1. The smallest absolute Gasteiger partial charge is 0.242 e. The summed E-state index contributed by atoms with van der Waals surface area (Å²) in [6.07, 6.45) is 4.98. The summed E-state index contributed by atoms with van der Waals surface area (Å²) in [5, 5.41) is 0. The van der Waals surface area contributed by atoms with E-state index in [-0.39, 0.29) is 24.4 Å². The first-order valence-electron chi connectivity index (χ1n) is 7.91. The molecule has 1 aromatic carbocycles. The van der Waals surface area contributed by atoms with Gasteiger partial charge in [0.15, 0.2) is 0 Å². The second kappa shape index (κ2) is 8.25. The maximum absolute atomic E-state index is 13.3. The van der Waals surface area contributed by atoms with Gasteiger partial charge >= 0.3 is 0 Å². The van der Waals surface area contributed by atoms with Crippen LogP contribution in [0.2, 0.25) is 0 Å². The predicted molar refractivity (Wildman–Crippen MR) is 83.9 cm³/mol. The zero-order valence-electron chi connectivity index (χ0n) is 13.1. The number of nitrogens with two attached hydrogens (primary N) is 1. The Morgan fingerprint density at radius 1 is 1.45 bits per heavy atom. The van der Waals surface area contributed by atoms with Gasteiger partial charge in [-0.2, -0.15) is 0 Å². The highest BCUT2D eigenvalue weighted by atomic mass is 19.1. The van der Waals surface area contributed by atoms with Gasteiger partial charge in [0.05, 0.1) is 6.61 Å². The molecule has 0 heterocycles. The highest BCUT2D eigenvalue weighted by Crippen LogP contribution is 2.24. The molecule has 0 aliphatic heterocycles. The van der Waals surface area contributed by atoms with E-state index in [9.17, 15) is 9.18 Å². The lowest BCUT2D eigenvalue weighted by molar-refractivity contribution is -0.136. The Morgan fingerprint density at radius 2 is 2.18 bits per heavy atom. The molecular formula is C17H25FN2O2. The molecule has 5 heteroatoms. The topological polar surface area (TPSA) is 55.6 Å². The highest BCUT2D eigenvalue weighted by Gasteiger charge is 2.29. The lowest BCUT2D eigenvalue weighted by atomic mass is 10.1. The molecular weight excluding hydrogens is 283 g/mol. The van der Waals surface area contributed by atoms with Gasteiger partial charge in [0.2, 0.25) is 5.91 Å². The fourth-order valence-corrected chi connectivity index (χ4v) is 3.09. The molecule has 0 bridgehead atoms. The van der Waals surface area contributed by atoms with Crippen LogP contribution >= 0.6 is 0 Å². The Labute approximate surface area is 131 Å². The van der Waals surface area contributed by atoms with Crippen molar-refractivity contribution < 1.29 is 13.9 Å². The van der Waals surface area contributed by atoms with Crippen LogP contribution < -0.4 is 5.73 Å². The second-order valence-corrected chi connectivity index (χ2v) is 5.91. The first-order chi connectivity index (χ1) is 10.6. The molecule has 122 valence electrons. The molecule has 22 heavy (non-hydrogen) atoms. The minimum atomic E-state index is -0.627. The van der Waals surface area contributed by atoms with Crippen LogP contribution in [0.25, 0.3) is 0 Å². The molecule has 1 unspecified atom stereocenters. The van der Waals surface area contributed by atoms with Crippen LogP contribution in [0.3, 0.4) is 0 Å². The summed E-state index contributed by atoms with van der Waals surface area (Å²) in [6.45, 7) is 0.798. The number of carbonyl (C=O) groups is 1. The number of ether oxygens (including phenoxy) is 1. The first kappa shape index (κ1) is 16.9. The van der Waals surface area contributed by atoms with E-state index >= 15 is 0 Å². The van der Waals surface area contributed by atoms with Crippen molar-refractivity contribution in [3.8, 4) is 0 Å². The van der Waals surface area contributed by atoms with E-state index in [4.69, 9.17) is 10.5 Å². The highest BCUT2D eigenvalue weighted by molar-refractivity contribution is 5.82. The van der Waals surface area contributed by atoms with Crippen molar-refractivity contribution >= 4 is 5.91 Å². The minimum Gasteiger partial charge on any atom is -0.383 e. The molecule has 0 radical (unpaired) electrons. The second-order valence-electron chi connectivity index (χ2n) is 5.91. The number of hydrogen-bond donors (Lipinski definition) is 1. The molecule has 1 aliphatic rings. The minimum absolute atomic E-state index is 0.0647. The van der Waals surface area contributed by atoms with Gasteiger partial charge in [-0.1, -0.05) is 25.0 Å². The molecule has 0 aromatic heterocycles. The maximum atomic E-state index is 13.3. The van der Waals surface area contributed by atoms with E-state index in [0.29, 0.717) is 13.0 Å². The van der Waals surface area contributed by atoms with Crippen molar-refractivity contribution in [1.82, 2.24) is 4.90 Å². The Morgan fingerprint density at radius 3 is 2.82 bits per heavy atom. The van der Waals surface area contributed by atoms with Gasteiger partial charge in [-0.25, -0.2) is 4.39 Å². The third-order valence-corrected chi connectivity index (χ3v) is 4.24. The summed E-state index contributed by atoms with van der Waals surface area (Å²) >= 11 is 0. The average molecular weight is 308 g/mol. The van der Waals surface area contributed by atoms with Gasteiger partial charge in [-0.05, 0) is 37.0 Å². The van der Waals surface area contributed by atoms with Gasteiger partial charge in [0.1, 0.15) is 11.9 Å². The number of nitrogens with zero attached hydrogens (tertiary/aromatic N) is 1. The number of benzene rings is 1. The third kappa shape index (κ3) is 4.52. The van der Waals surface area contributed by atoms with Crippen molar-refractivity contribution in [3.05, 3.63) is 35.6 Å². The zero-order chi connectivity index (χ0) is 15.9. The Balaban J connectivity index is 2.02. The molecule has 1 aromatic rings. The van der Waals surface area contributed by atoms with Crippen LogP contribution in [0, 0.1) is 5.82 Å². The number of halogens is 1. The lowest BCUT2D eigenvalue weighted by Crippen LogP contribution is -2.50. The van der Waals surface area contributed by atoms with Crippen LogP contribution in [0.1, 0.15) is 31.2 Å². The maximum Gasteiger partial charge on any atom is 0.242 e.